The molecule has 0 spiro atoms. The first-order valence-electron chi connectivity index (χ1n) is 6.99. The predicted molar refractivity (Wildman–Crippen MR) is 83.5 cm³/mol. The van der Waals surface area contributed by atoms with Crippen LogP contribution in [0.25, 0.3) is 0 Å². The molecule has 1 aromatic carbocycles. The third-order valence-electron chi connectivity index (χ3n) is 3.78. The van der Waals surface area contributed by atoms with Gasteiger partial charge in [0.05, 0.1) is 6.04 Å². The summed E-state index contributed by atoms with van der Waals surface area (Å²) in [7, 11) is 0. The Bertz CT molecular complexity index is 508. The molecule has 0 radical (unpaired) electrons. The van der Waals surface area contributed by atoms with Crippen molar-refractivity contribution in [1.82, 2.24) is 4.90 Å². The molecule has 0 fully saturated rings. The van der Waals surface area contributed by atoms with Crippen molar-refractivity contribution in [2.24, 2.45) is 5.41 Å². The summed E-state index contributed by atoms with van der Waals surface area (Å²) in [5.41, 5.74) is 2.63. The van der Waals surface area contributed by atoms with Crippen LogP contribution in [0.15, 0.2) is 23.1 Å². The van der Waals surface area contributed by atoms with Crippen LogP contribution in [0.5, 0.6) is 0 Å². The van der Waals surface area contributed by atoms with E-state index in [9.17, 15) is 9.90 Å². The second kappa shape index (κ2) is 5.68. The van der Waals surface area contributed by atoms with E-state index >= 15 is 0 Å². The molecule has 1 amide bonds. The fourth-order valence-corrected chi connectivity index (χ4v) is 3.62. The lowest BCUT2D eigenvalue weighted by Crippen LogP contribution is -2.40. The van der Waals surface area contributed by atoms with Gasteiger partial charge < -0.3 is 10.0 Å². The van der Waals surface area contributed by atoms with E-state index in [0.29, 0.717) is 6.54 Å². The van der Waals surface area contributed by atoms with Gasteiger partial charge in [-0.1, -0.05) is 32.9 Å². The van der Waals surface area contributed by atoms with Crippen LogP contribution in [-0.2, 0) is 6.42 Å². The zero-order valence-electron chi connectivity index (χ0n) is 12.6. The fraction of sp³-hybridized carbons (Fsp3) is 0.562. The Morgan fingerprint density at radius 3 is 2.70 bits per heavy atom. The van der Waals surface area contributed by atoms with Crippen molar-refractivity contribution in [3.05, 3.63) is 29.3 Å². The minimum atomic E-state index is -0.806. The van der Waals surface area contributed by atoms with Crippen LogP contribution in [-0.4, -0.2) is 28.9 Å². The lowest BCUT2D eigenvalue weighted by atomic mass is 9.81. The number of nitrogens with zero attached hydrogens (tertiary/aromatic N) is 1. The van der Waals surface area contributed by atoms with Crippen LogP contribution in [0.2, 0.25) is 0 Å². The van der Waals surface area contributed by atoms with E-state index < -0.39 is 6.09 Å². The summed E-state index contributed by atoms with van der Waals surface area (Å²) in [5.74, 6) is 0. The number of fused-ring (bicyclic) bond motifs is 1. The monoisotopic (exact) mass is 293 g/mol. The standard InChI is InChI=1S/C16H23NO2S/c1-16(2,3)10-13-11-6-5-7-14(20-4)12(11)8-9-17(13)15(18)19/h5-7,13H,8-10H2,1-4H3,(H,18,19)/t13-/m0/s1. The first-order valence-corrected chi connectivity index (χ1v) is 8.21. The molecule has 1 heterocycles. The third-order valence-corrected chi connectivity index (χ3v) is 4.60. The molecule has 20 heavy (non-hydrogen) atoms. The maximum atomic E-state index is 11.5. The molecule has 2 rings (SSSR count). The van der Waals surface area contributed by atoms with Crippen LogP contribution in [0.3, 0.4) is 0 Å². The summed E-state index contributed by atoms with van der Waals surface area (Å²) < 4.78 is 0. The number of amides is 1. The normalized spacial score (nSPS) is 18.8. The molecule has 0 aromatic heterocycles. The number of rotatable bonds is 2. The van der Waals surface area contributed by atoms with Gasteiger partial charge in [0.2, 0.25) is 0 Å². The van der Waals surface area contributed by atoms with E-state index in [4.69, 9.17) is 0 Å². The molecule has 1 aliphatic heterocycles. The highest BCUT2D eigenvalue weighted by Crippen LogP contribution is 2.40. The molecule has 110 valence electrons. The van der Waals surface area contributed by atoms with Gasteiger partial charge in [-0.25, -0.2) is 4.79 Å². The maximum Gasteiger partial charge on any atom is 0.407 e. The minimum absolute atomic E-state index is 0.0247. The van der Waals surface area contributed by atoms with E-state index in [1.807, 2.05) is 6.07 Å². The fourth-order valence-electron chi connectivity index (χ4n) is 2.94. The Labute approximate surface area is 125 Å². The Morgan fingerprint density at radius 1 is 1.45 bits per heavy atom. The van der Waals surface area contributed by atoms with Crippen molar-refractivity contribution in [2.45, 2.75) is 44.6 Å². The number of hydrogen-bond donors (Lipinski definition) is 1. The summed E-state index contributed by atoms with van der Waals surface area (Å²) in [6, 6.07) is 6.25. The van der Waals surface area contributed by atoms with Crippen molar-refractivity contribution in [3.63, 3.8) is 0 Å². The smallest absolute Gasteiger partial charge is 0.407 e. The van der Waals surface area contributed by atoms with Gasteiger partial charge in [0.1, 0.15) is 0 Å². The summed E-state index contributed by atoms with van der Waals surface area (Å²) in [4.78, 5) is 14.4. The molecule has 0 unspecified atom stereocenters. The quantitative estimate of drug-likeness (QED) is 0.820. The lowest BCUT2D eigenvalue weighted by molar-refractivity contribution is 0.103. The summed E-state index contributed by atoms with van der Waals surface area (Å²) in [6.45, 7) is 7.10. The highest BCUT2D eigenvalue weighted by molar-refractivity contribution is 7.98. The number of hydrogen-bond acceptors (Lipinski definition) is 2. The Morgan fingerprint density at radius 2 is 2.15 bits per heavy atom. The van der Waals surface area contributed by atoms with E-state index in [2.05, 4.69) is 39.2 Å². The Balaban J connectivity index is 2.46. The van der Waals surface area contributed by atoms with Gasteiger partial charge in [0.15, 0.2) is 0 Å². The van der Waals surface area contributed by atoms with Gasteiger partial charge in [0, 0.05) is 11.4 Å². The molecule has 1 aromatic rings. The molecule has 1 N–H and O–H groups in total. The molecular weight excluding hydrogens is 270 g/mol. The Kier molecular flexibility index (Phi) is 4.33. The zero-order chi connectivity index (χ0) is 14.9. The van der Waals surface area contributed by atoms with Crippen molar-refractivity contribution in [2.75, 3.05) is 12.8 Å². The SMILES string of the molecule is CSc1cccc2c1CCN(C(=O)O)[C@H]2CC(C)(C)C. The van der Waals surface area contributed by atoms with Crippen molar-refractivity contribution in [3.8, 4) is 0 Å². The summed E-state index contributed by atoms with van der Waals surface area (Å²) >= 11 is 1.75. The summed E-state index contributed by atoms with van der Waals surface area (Å²) in [5, 5.41) is 9.48. The summed E-state index contributed by atoms with van der Waals surface area (Å²) in [6.07, 6.45) is 2.95. The molecule has 1 aliphatic rings. The molecule has 0 bridgehead atoms. The molecule has 3 nitrogen and oxygen atoms in total. The van der Waals surface area contributed by atoms with Crippen molar-refractivity contribution < 1.29 is 9.90 Å². The number of carbonyl (C=O) groups is 1. The Hall–Kier alpha value is -1.16. The average molecular weight is 293 g/mol. The van der Waals surface area contributed by atoms with Crippen molar-refractivity contribution >= 4 is 17.9 Å². The maximum absolute atomic E-state index is 11.5. The van der Waals surface area contributed by atoms with Crippen LogP contribution < -0.4 is 0 Å². The van der Waals surface area contributed by atoms with Gasteiger partial charge in [-0.3, -0.25) is 0 Å². The van der Waals surface area contributed by atoms with Gasteiger partial charge >= 0.3 is 6.09 Å². The van der Waals surface area contributed by atoms with Gasteiger partial charge in [-0.2, -0.15) is 0 Å². The first-order chi connectivity index (χ1) is 9.33. The number of benzene rings is 1. The molecule has 0 aliphatic carbocycles. The predicted octanol–water partition coefficient (Wildman–Crippen LogP) is 4.42. The lowest BCUT2D eigenvalue weighted by Gasteiger charge is -2.39. The number of carboxylic acid groups (broad SMARTS) is 1. The van der Waals surface area contributed by atoms with Crippen LogP contribution in [0, 0.1) is 5.41 Å². The van der Waals surface area contributed by atoms with Crippen LogP contribution in [0.4, 0.5) is 4.79 Å². The van der Waals surface area contributed by atoms with E-state index in [1.165, 1.54) is 16.0 Å². The van der Waals surface area contributed by atoms with Gasteiger partial charge in [-0.15, -0.1) is 11.8 Å². The largest absolute Gasteiger partial charge is 0.465 e. The molecule has 1 atom stereocenters. The van der Waals surface area contributed by atoms with Gasteiger partial charge in [-0.05, 0) is 41.7 Å². The molecular formula is C16H23NO2S. The van der Waals surface area contributed by atoms with E-state index in [1.54, 1.807) is 16.7 Å². The molecule has 0 saturated carbocycles. The van der Waals surface area contributed by atoms with Gasteiger partial charge in [0.25, 0.3) is 0 Å². The first kappa shape index (κ1) is 15.2. The molecule has 4 heteroatoms. The average Bonchev–Trinajstić information content (AvgIpc) is 2.36. The van der Waals surface area contributed by atoms with E-state index in [-0.39, 0.29) is 11.5 Å². The minimum Gasteiger partial charge on any atom is -0.465 e. The second-order valence-electron chi connectivity index (χ2n) is 6.53. The zero-order valence-corrected chi connectivity index (χ0v) is 13.5. The van der Waals surface area contributed by atoms with Crippen LogP contribution >= 0.6 is 11.8 Å². The topological polar surface area (TPSA) is 40.5 Å². The highest BCUT2D eigenvalue weighted by Gasteiger charge is 2.34. The third kappa shape index (κ3) is 3.11. The number of thioether (sulfide) groups is 1. The second-order valence-corrected chi connectivity index (χ2v) is 7.38. The molecule has 0 saturated heterocycles. The van der Waals surface area contributed by atoms with E-state index in [0.717, 1.165) is 12.8 Å². The van der Waals surface area contributed by atoms with Crippen molar-refractivity contribution in [1.29, 1.82) is 0 Å². The highest BCUT2D eigenvalue weighted by atomic mass is 32.2. The van der Waals surface area contributed by atoms with Crippen LogP contribution in [0.1, 0.15) is 44.4 Å².